The van der Waals surface area contributed by atoms with Crippen LogP contribution in [0.15, 0.2) is 18.2 Å². The maximum atomic E-state index is 13.2. The van der Waals surface area contributed by atoms with Crippen molar-refractivity contribution in [3.8, 4) is 0 Å². The fourth-order valence-electron chi connectivity index (χ4n) is 1.31. The van der Waals surface area contributed by atoms with Crippen molar-refractivity contribution in [3.63, 3.8) is 0 Å². The molecule has 0 aliphatic rings. The zero-order chi connectivity index (χ0) is 14.3. The Hall–Kier alpha value is -1.10. The third kappa shape index (κ3) is 5.04. The summed E-state index contributed by atoms with van der Waals surface area (Å²) in [5.41, 5.74) is -1.00. The van der Waals surface area contributed by atoms with Gasteiger partial charge in [-0.2, -0.15) is 13.2 Å². The molecule has 0 bridgehead atoms. The molecule has 0 saturated heterocycles. The summed E-state index contributed by atoms with van der Waals surface area (Å²) in [6.07, 6.45) is -5.04. The van der Waals surface area contributed by atoms with E-state index in [2.05, 4.69) is 0 Å². The van der Waals surface area contributed by atoms with E-state index in [1.165, 1.54) is 0 Å². The van der Waals surface area contributed by atoms with Gasteiger partial charge in [0.25, 0.3) is 0 Å². The molecule has 0 spiro atoms. The highest BCUT2D eigenvalue weighted by Crippen LogP contribution is 2.30. The van der Waals surface area contributed by atoms with Gasteiger partial charge in [-0.1, -0.05) is 20.8 Å². The van der Waals surface area contributed by atoms with Gasteiger partial charge in [0.15, 0.2) is 0 Å². The number of halogens is 4. The van der Waals surface area contributed by atoms with Crippen LogP contribution in [-0.2, 0) is 12.6 Å². The van der Waals surface area contributed by atoms with Crippen LogP contribution in [0.4, 0.5) is 17.6 Å². The van der Waals surface area contributed by atoms with E-state index in [1.807, 2.05) is 13.8 Å². The molecule has 18 heavy (non-hydrogen) atoms. The van der Waals surface area contributed by atoms with Crippen LogP contribution in [0.2, 0.25) is 0 Å². The molecule has 5 heteroatoms. The van der Waals surface area contributed by atoms with Gasteiger partial charge in [0.1, 0.15) is 5.82 Å². The molecule has 0 aliphatic carbocycles. The predicted molar refractivity (Wildman–Crippen MR) is 62.8 cm³/mol. The molecular weight excluding hydrogens is 248 g/mol. The number of alkyl halides is 3. The fourth-order valence-corrected chi connectivity index (χ4v) is 1.31. The molecule has 0 amide bonds. The number of benzene rings is 1. The first kappa shape index (κ1) is 16.9. The van der Waals surface area contributed by atoms with Gasteiger partial charge in [0.05, 0.1) is 11.7 Å². The molecule has 1 nitrogen and oxygen atoms in total. The second-order valence-electron chi connectivity index (χ2n) is 3.57. The number of rotatable bonds is 3. The minimum Gasteiger partial charge on any atom is -0.393 e. The highest BCUT2D eigenvalue weighted by atomic mass is 19.4. The van der Waals surface area contributed by atoms with Crippen LogP contribution < -0.4 is 0 Å². The zero-order valence-corrected chi connectivity index (χ0v) is 10.7. The lowest BCUT2D eigenvalue weighted by atomic mass is 10.0. The first-order chi connectivity index (χ1) is 8.34. The Kier molecular flexibility index (Phi) is 6.91. The van der Waals surface area contributed by atoms with Gasteiger partial charge in [-0.25, -0.2) is 4.39 Å². The topological polar surface area (TPSA) is 20.2 Å². The van der Waals surface area contributed by atoms with E-state index in [4.69, 9.17) is 0 Å². The van der Waals surface area contributed by atoms with Crippen molar-refractivity contribution in [1.29, 1.82) is 0 Å². The van der Waals surface area contributed by atoms with E-state index in [-0.39, 0.29) is 12.0 Å². The number of aliphatic hydroxyl groups excluding tert-OH is 1. The minimum absolute atomic E-state index is 0.105. The van der Waals surface area contributed by atoms with E-state index in [1.54, 1.807) is 6.92 Å². The maximum Gasteiger partial charge on any atom is 0.416 e. The molecule has 1 N–H and O–H groups in total. The van der Waals surface area contributed by atoms with Gasteiger partial charge in [-0.05, 0) is 30.2 Å². The van der Waals surface area contributed by atoms with Crippen molar-refractivity contribution >= 4 is 0 Å². The number of hydrogen-bond acceptors (Lipinski definition) is 1. The van der Waals surface area contributed by atoms with E-state index in [9.17, 15) is 22.7 Å². The molecule has 1 atom stereocenters. The molecule has 0 heterocycles. The average molecular weight is 266 g/mol. The van der Waals surface area contributed by atoms with Crippen LogP contribution in [0.5, 0.6) is 0 Å². The maximum absolute atomic E-state index is 13.2. The van der Waals surface area contributed by atoms with Crippen LogP contribution in [-0.4, -0.2) is 11.2 Å². The van der Waals surface area contributed by atoms with Crippen molar-refractivity contribution in [1.82, 2.24) is 0 Å². The smallest absolute Gasteiger partial charge is 0.393 e. The monoisotopic (exact) mass is 266 g/mol. The Morgan fingerprint density at radius 1 is 1.22 bits per heavy atom. The summed E-state index contributed by atoms with van der Waals surface area (Å²) in [6.45, 7) is 5.68. The third-order valence-electron chi connectivity index (χ3n) is 2.30. The lowest BCUT2D eigenvalue weighted by Crippen LogP contribution is -2.12. The van der Waals surface area contributed by atoms with Gasteiger partial charge in [-0.15, -0.1) is 0 Å². The van der Waals surface area contributed by atoms with Crippen molar-refractivity contribution in [2.45, 2.75) is 45.9 Å². The third-order valence-corrected chi connectivity index (χ3v) is 2.30. The molecule has 104 valence electrons. The first-order valence-electron chi connectivity index (χ1n) is 5.88. The molecule has 1 rings (SSSR count). The van der Waals surface area contributed by atoms with E-state index >= 15 is 0 Å². The summed E-state index contributed by atoms with van der Waals surface area (Å²) >= 11 is 0. The predicted octanol–water partition coefficient (Wildman–Crippen LogP) is 4.18. The van der Waals surface area contributed by atoms with Gasteiger partial charge >= 0.3 is 6.18 Å². The summed E-state index contributed by atoms with van der Waals surface area (Å²) in [4.78, 5) is 0. The lowest BCUT2D eigenvalue weighted by Gasteiger charge is -2.12. The standard InChI is InChI=1S/C11H12F4O.C2H6/c1-2-9(16)6-7-5-8(11(13,14)15)3-4-10(7)12;1-2/h3-5,9,16H,2,6H2,1H3;1-2H3. The van der Waals surface area contributed by atoms with E-state index in [0.29, 0.717) is 12.5 Å². The number of aliphatic hydroxyl groups is 1. The average Bonchev–Trinajstić information content (AvgIpc) is 2.33. The molecule has 1 aromatic carbocycles. The Morgan fingerprint density at radius 3 is 2.22 bits per heavy atom. The summed E-state index contributed by atoms with van der Waals surface area (Å²) in [6, 6.07) is 2.21. The molecule has 0 aromatic heterocycles. The van der Waals surface area contributed by atoms with E-state index in [0.717, 1.165) is 12.1 Å². The Morgan fingerprint density at radius 2 is 1.78 bits per heavy atom. The lowest BCUT2D eigenvalue weighted by molar-refractivity contribution is -0.137. The molecular formula is C13H18F4O. The minimum atomic E-state index is -4.49. The van der Waals surface area contributed by atoms with Crippen LogP contribution in [0, 0.1) is 5.82 Å². The van der Waals surface area contributed by atoms with Gasteiger partial charge in [0.2, 0.25) is 0 Å². The summed E-state index contributed by atoms with van der Waals surface area (Å²) in [5, 5.41) is 9.28. The summed E-state index contributed by atoms with van der Waals surface area (Å²) in [7, 11) is 0. The second-order valence-corrected chi connectivity index (χ2v) is 3.57. The van der Waals surface area contributed by atoms with Crippen LogP contribution in [0.1, 0.15) is 38.3 Å². The summed E-state index contributed by atoms with van der Waals surface area (Å²) < 4.78 is 50.2. The molecule has 0 saturated carbocycles. The quantitative estimate of drug-likeness (QED) is 0.813. The Labute approximate surface area is 104 Å². The highest BCUT2D eigenvalue weighted by molar-refractivity contribution is 5.27. The normalized spacial score (nSPS) is 12.7. The molecule has 0 aliphatic heterocycles. The second kappa shape index (κ2) is 7.36. The van der Waals surface area contributed by atoms with Crippen molar-refractivity contribution in [2.75, 3.05) is 0 Å². The van der Waals surface area contributed by atoms with Crippen molar-refractivity contribution < 1.29 is 22.7 Å². The van der Waals surface area contributed by atoms with E-state index < -0.39 is 23.7 Å². The van der Waals surface area contributed by atoms with Gasteiger partial charge < -0.3 is 5.11 Å². The highest BCUT2D eigenvalue weighted by Gasteiger charge is 2.31. The van der Waals surface area contributed by atoms with Gasteiger partial charge in [0, 0.05) is 6.42 Å². The molecule has 1 aromatic rings. The van der Waals surface area contributed by atoms with Crippen LogP contribution in [0.3, 0.4) is 0 Å². The molecule has 0 radical (unpaired) electrons. The molecule has 0 fully saturated rings. The largest absolute Gasteiger partial charge is 0.416 e. The fraction of sp³-hybridized carbons (Fsp3) is 0.538. The zero-order valence-electron chi connectivity index (χ0n) is 10.7. The van der Waals surface area contributed by atoms with Crippen molar-refractivity contribution in [3.05, 3.63) is 35.1 Å². The molecule has 1 unspecified atom stereocenters. The SMILES string of the molecule is CC.CCC(O)Cc1cc(C(F)(F)F)ccc1F. The Balaban J connectivity index is 0.00000137. The number of hydrogen-bond donors (Lipinski definition) is 1. The first-order valence-corrected chi connectivity index (χ1v) is 5.88. The summed E-state index contributed by atoms with van der Waals surface area (Å²) in [5.74, 6) is -0.722. The van der Waals surface area contributed by atoms with Gasteiger partial charge in [-0.3, -0.25) is 0 Å². The van der Waals surface area contributed by atoms with Crippen LogP contribution >= 0.6 is 0 Å². The van der Waals surface area contributed by atoms with Crippen LogP contribution in [0.25, 0.3) is 0 Å². The Bertz CT molecular complexity index is 360. The van der Waals surface area contributed by atoms with Crippen molar-refractivity contribution in [2.24, 2.45) is 0 Å².